The van der Waals surface area contributed by atoms with Crippen LogP contribution in [0.1, 0.15) is 22.7 Å². The summed E-state index contributed by atoms with van der Waals surface area (Å²) in [5.41, 5.74) is 2.27. The molecule has 1 heterocycles. The van der Waals surface area contributed by atoms with Gasteiger partial charge in [-0.3, -0.25) is 4.79 Å². The second kappa shape index (κ2) is 8.86. The highest BCUT2D eigenvalue weighted by Crippen LogP contribution is 2.44. The van der Waals surface area contributed by atoms with Crippen molar-refractivity contribution in [1.82, 2.24) is 4.90 Å². The van der Waals surface area contributed by atoms with Gasteiger partial charge in [0.05, 0.1) is 13.2 Å². The SMILES string of the molecule is COc1ccc(C2=C(O)C(=O)N(Cc3ccc(SC)cc3)[C@@H]2c2ccccc2F)cc1. The topological polar surface area (TPSA) is 49.8 Å². The van der Waals surface area contributed by atoms with Crippen molar-refractivity contribution in [2.45, 2.75) is 17.5 Å². The Labute approximate surface area is 185 Å². The number of halogens is 1. The fraction of sp³-hybridized carbons (Fsp3) is 0.160. The van der Waals surface area contributed by atoms with Crippen LogP contribution in [0.25, 0.3) is 5.57 Å². The Kier molecular flexibility index (Phi) is 6.00. The number of rotatable bonds is 6. The summed E-state index contributed by atoms with van der Waals surface area (Å²) >= 11 is 1.63. The van der Waals surface area contributed by atoms with Crippen LogP contribution in [-0.2, 0) is 11.3 Å². The predicted octanol–water partition coefficient (Wildman–Crippen LogP) is 5.61. The smallest absolute Gasteiger partial charge is 0.290 e. The number of hydrogen-bond donors (Lipinski definition) is 1. The summed E-state index contributed by atoms with van der Waals surface area (Å²) in [4.78, 5) is 15.7. The van der Waals surface area contributed by atoms with E-state index in [0.29, 0.717) is 22.4 Å². The number of benzene rings is 3. The number of nitrogens with zero attached hydrogens (tertiary/aromatic N) is 1. The molecule has 0 aromatic heterocycles. The van der Waals surface area contributed by atoms with Gasteiger partial charge in [0, 0.05) is 22.6 Å². The maximum Gasteiger partial charge on any atom is 0.290 e. The third-order valence-corrected chi connectivity index (χ3v) is 6.16. The molecule has 1 atom stereocenters. The second-order valence-electron chi connectivity index (χ2n) is 7.20. The van der Waals surface area contributed by atoms with Crippen molar-refractivity contribution in [3.63, 3.8) is 0 Å². The van der Waals surface area contributed by atoms with Crippen molar-refractivity contribution in [2.75, 3.05) is 13.4 Å². The highest BCUT2D eigenvalue weighted by atomic mass is 32.2. The van der Waals surface area contributed by atoms with Crippen LogP contribution in [0.3, 0.4) is 0 Å². The van der Waals surface area contributed by atoms with E-state index in [2.05, 4.69) is 0 Å². The molecule has 0 spiro atoms. The molecule has 6 heteroatoms. The van der Waals surface area contributed by atoms with Crippen LogP contribution in [0.5, 0.6) is 5.75 Å². The first kappa shape index (κ1) is 21.0. The van der Waals surface area contributed by atoms with Gasteiger partial charge in [-0.15, -0.1) is 11.8 Å². The molecule has 158 valence electrons. The Morgan fingerprint density at radius 1 is 1.03 bits per heavy atom. The molecule has 0 radical (unpaired) electrons. The maximum atomic E-state index is 14.8. The van der Waals surface area contributed by atoms with Crippen molar-refractivity contribution in [3.8, 4) is 5.75 Å². The zero-order valence-corrected chi connectivity index (χ0v) is 18.0. The lowest BCUT2D eigenvalue weighted by atomic mass is 9.93. The summed E-state index contributed by atoms with van der Waals surface area (Å²) in [5, 5.41) is 10.8. The lowest BCUT2D eigenvalue weighted by Gasteiger charge is -2.28. The van der Waals surface area contributed by atoms with Gasteiger partial charge in [-0.1, -0.05) is 42.5 Å². The number of aliphatic hydroxyl groups excluding tert-OH is 1. The normalized spacial score (nSPS) is 16.2. The zero-order valence-electron chi connectivity index (χ0n) is 17.2. The van der Waals surface area contributed by atoms with E-state index >= 15 is 0 Å². The molecule has 0 saturated carbocycles. The first-order chi connectivity index (χ1) is 15.0. The Bertz CT molecular complexity index is 1130. The molecule has 0 saturated heterocycles. The minimum absolute atomic E-state index is 0.246. The van der Waals surface area contributed by atoms with Crippen molar-refractivity contribution >= 4 is 23.2 Å². The van der Waals surface area contributed by atoms with Crippen LogP contribution in [0, 0.1) is 5.82 Å². The van der Waals surface area contributed by atoms with Gasteiger partial charge in [0.1, 0.15) is 11.6 Å². The molecule has 1 aliphatic rings. The molecule has 1 aliphatic heterocycles. The summed E-state index contributed by atoms with van der Waals surface area (Å²) in [6.07, 6.45) is 2.00. The molecule has 0 fully saturated rings. The average molecular weight is 436 g/mol. The molecule has 3 aromatic carbocycles. The molecule has 1 amide bonds. The first-order valence-corrected chi connectivity index (χ1v) is 11.0. The molecule has 0 unspecified atom stereocenters. The van der Waals surface area contributed by atoms with Crippen LogP contribution in [0.4, 0.5) is 4.39 Å². The van der Waals surface area contributed by atoms with Crippen LogP contribution in [-0.4, -0.2) is 29.3 Å². The van der Waals surface area contributed by atoms with Gasteiger partial charge < -0.3 is 14.7 Å². The standard InChI is InChI=1S/C25H22FNO3S/c1-30-18-11-9-17(10-12-18)22-23(20-5-3-4-6-21(20)26)27(25(29)24(22)28)15-16-7-13-19(31-2)14-8-16/h3-14,23,28H,15H2,1-2H3/t23-/m1/s1. The van der Waals surface area contributed by atoms with E-state index in [1.54, 1.807) is 61.3 Å². The fourth-order valence-corrected chi connectivity index (χ4v) is 4.24. The van der Waals surface area contributed by atoms with Gasteiger partial charge in [-0.2, -0.15) is 0 Å². The van der Waals surface area contributed by atoms with E-state index in [1.807, 2.05) is 30.5 Å². The minimum atomic E-state index is -0.748. The lowest BCUT2D eigenvalue weighted by Crippen LogP contribution is -2.30. The molecule has 1 N–H and O–H groups in total. The Morgan fingerprint density at radius 3 is 2.32 bits per heavy atom. The van der Waals surface area contributed by atoms with Gasteiger partial charge in [0.15, 0.2) is 5.76 Å². The number of methoxy groups -OCH3 is 1. The third-order valence-electron chi connectivity index (χ3n) is 5.42. The number of thioether (sulfide) groups is 1. The summed E-state index contributed by atoms with van der Waals surface area (Å²) < 4.78 is 20.1. The van der Waals surface area contributed by atoms with E-state index in [9.17, 15) is 14.3 Å². The number of hydrogen-bond acceptors (Lipinski definition) is 4. The van der Waals surface area contributed by atoms with E-state index in [1.165, 1.54) is 11.0 Å². The van der Waals surface area contributed by atoms with Crippen LogP contribution >= 0.6 is 11.8 Å². The predicted molar refractivity (Wildman–Crippen MR) is 120 cm³/mol. The van der Waals surface area contributed by atoms with Gasteiger partial charge >= 0.3 is 0 Å². The molecule has 31 heavy (non-hydrogen) atoms. The lowest BCUT2D eigenvalue weighted by molar-refractivity contribution is -0.130. The van der Waals surface area contributed by atoms with E-state index in [4.69, 9.17) is 4.74 Å². The molecule has 0 aliphatic carbocycles. The van der Waals surface area contributed by atoms with Crippen LogP contribution in [0.2, 0.25) is 0 Å². The van der Waals surface area contributed by atoms with Crippen molar-refractivity contribution < 1.29 is 19.0 Å². The maximum absolute atomic E-state index is 14.8. The van der Waals surface area contributed by atoms with E-state index in [0.717, 1.165) is 10.5 Å². The minimum Gasteiger partial charge on any atom is -0.503 e. The molecular weight excluding hydrogens is 413 g/mol. The Balaban J connectivity index is 1.79. The monoisotopic (exact) mass is 435 g/mol. The Hall–Kier alpha value is -3.25. The summed E-state index contributed by atoms with van der Waals surface area (Å²) in [5.74, 6) is -0.655. The van der Waals surface area contributed by atoms with Crippen molar-refractivity contribution in [3.05, 3.63) is 101 Å². The van der Waals surface area contributed by atoms with E-state index in [-0.39, 0.29) is 12.3 Å². The van der Waals surface area contributed by atoms with Gasteiger partial charge in [-0.05, 0) is 47.7 Å². The van der Waals surface area contributed by atoms with Crippen molar-refractivity contribution in [1.29, 1.82) is 0 Å². The summed E-state index contributed by atoms with van der Waals surface area (Å²) in [7, 11) is 1.57. The van der Waals surface area contributed by atoms with Gasteiger partial charge in [0.2, 0.25) is 0 Å². The largest absolute Gasteiger partial charge is 0.503 e. The average Bonchev–Trinajstić information content (AvgIpc) is 3.05. The van der Waals surface area contributed by atoms with Crippen molar-refractivity contribution in [2.24, 2.45) is 0 Å². The number of ether oxygens (including phenoxy) is 1. The van der Waals surface area contributed by atoms with Gasteiger partial charge in [-0.25, -0.2) is 4.39 Å². The van der Waals surface area contributed by atoms with Crippen LogP contribution in [0.15, 0.2) is 83.5 Å². The number of carbonyl (C=O) groups excluding carboxylic acids is 1. The second-order valence-corrected chi connectivity index (χ2v) is 8.08. The van der Waals surface area contributed by atoms with Gasteiger partial charge in [0.25, 0.3) is 5.91 Å². The van der Waals surface area contributed by atoms with E-state index < -0.39 is 17.8 Å². The third kappa shape index (κ3) is 4.03. The zero-order chi connectivity index (χ0) is 22.0. The summed E-state index contributed by atoms with van der Waals surface area (Å²) in [6.45, 7) is 0.246. The Morgan fingerprint density at radius 2 is 1.71 bits per heavy atom. The molecule has 4 rings (SSSR count). The summed E-state index contributed by atoms with van der Waals surface area (Å²) in [6, 6.07) is 20.5. The molecule has 0 bridgehead atoms. The number of amides is 1. The molecule has 4 nitrogen and oxygen atoms in total. The quantitative estimate of drug-likeness (QED) is 0.512. The molecular formula is C25H22FNO3S. The fourth-order valence-electron chi connectivity index (χ4n) is 3.83. The molecule has 3 aromatic rings. The first-order valence-electron chi connectivity index (χ1n) is 9.79. The number of carbonyl (C=O) groups is 1. The highest BCUT2D eigenvalue weighted by molar-refractivity contribution is 7.98. The van der Waals surface area contributed by atoms with Crippen LogP contribution < -0.4 is 4.74 Å². The highest BCUT2D eigenvalue weighted by Gasteiger charge is 2.42. The number of aliphatic hydroxyl groups is 1.